The largest absolute Gasteiger partial charge is 0.497 e. The summed E-state index contributed by atoms with van der Waals surface area (Å²) in [5.74, 6) is 2.71. The van der Waals surface area contributed by atoms with Crippen molar-refractivity contribution in [3.8, 4) is 11.5 Å². The van der Waals surface area contributed by atoms with Gasteiger partial charge in [-0.15, -0.1) is 0 Å². The highest BCUT2D eigenvalue weighted by molar-refractivity contribution is 5.84. The summed E-state index contributed by atoms with van der Waals surface area (Å²) in [4.78, 5) is 30.6. The maximum absolute atomic E-state index is 10.3. The van der Waals surface area contributed by atoms with Crippen LogP contribution >= 0.6 is 0 Å². The first kappa shape index (κ1) is 46.2. The van der Waals surface area contributed by atoms with Crippen molar-refractivity contribution in [2.75, 3.05) is 27.9 Å². The summed E-state index contributed by atoms with van der Waals surface area (Å²) in [6, 6.07) is 13.9. The lowest BCUT2D eigenvalue weighted by Crippen LogP contribution is -2.20. The van der Waals surface area contributed by atoms with E-state index in [0.29, 0.717) is 23.9 Å². The van der Waals surface area contributed by atoms with Crippen LogP contribution in [-0.2, 0) is 26.2 Å². The number of carbonyl (C=O) groups excluding carboxylic acids is 3. The Morgan fingerprint density at radius 1 is 0.741 bits per heavy atom. The van der Waals surface area contributed by atoms with E-state index in [1.165, 1.54) is 68.8 Å². The van der Waals surface area contributed by atoms with Gasteiger partial charge >= 0.3 is 0 Å². The van der Waals surface area contributed by atoms with Gasteiger partial charge in [-0.2, -0.15) is 5.10 Å². The van der Waals surface area contributed by atoms with E-state index in [1.807, 2.05) is 42.1 Å². The quantitative estimate of drug-likeness (QED) is 0.0772. The molecule has 0 atom stereocenters. The molecule has 10 nitrogen and oxygen atoms in total. The van der Waals surface area contributed by atoms with Gasteiger partial charge < -0.3 is 34.0 Å². The SMILES string of the molecule is CCCCCCN/N=C/c1cc(OC)ccc1OC.COC1CCC(C=O)CC1.Cn1[nH]c2ccccc21.O=CC1CCCCC1.O=CC1CCCCC1. The van der Waals surface area contributed by atoms with E-state index in [-0.39, 0.29) is 0 Å². The van der Waals surface area contributed by atoms with E-state index in [1.54, 1.807) is 27.5 Å². The molecule has 2 aromatic carbocycles. The number of H-pyrrole nitrogens is 1. The fourth-order valence-corrected chi connectivity index (χ4v) is 6.80. The lowest BCUT2D eigenvalue weighted by atomic mass is 9.88. The molecular weight excluding hydrogens is 681 g/mol. The summed E-state index contributed by atoms with van der Waals surface area (Å²) in [6.07, 6.45) is 26.9. The fourth-order valence-electron chi connectivity index (χ4n) is 6.80. The minimum atomic E-state index is 0.311. The number of rotatable bonds is 13. The summed E-state index contributed by atoms with van der Waals surface area (Å²) < 4.78 is 17.6. The average Bonchev–Trinajstić information content (AvgIpc) is 3.24. The van der Waals surface area contributed by atoms with Gasteiger partial charge in [-0.05, 0) is 88.1 Å². The van der Waals surface area contributed by atoms with Gasteiger partial charge in [0, 0.05) is 44.0 Å². The highest BCUT2D eigenvalue weighted by Crippen LogP contribution is 2.25. The zero-order valence-electron chi connectivity index (χ0n) is 33.9. The van der Waals surface area contributed by atoms with Gasteiger partial charge in [0.2, 0.25) is 0 Å². The normalized spacial score (nSPS) is 18.6. The predicted molar refractivity (Wildman–Crippen MR) is 221 cm³/mol. The first-order chi connectivity index (χ1) is 26.4. The topological polar surface area (TPSA) is 124 Å². The van der Waals surface area contributed by atoms with Gasteiger partial charge in [-0.3, -0.25) is 9.78 Å². The van der Waals surface area contributed by atoms with Crippen LogP contribution in [0.15, 0.2) is 47.6 Å². The third kappa shape index (κ3) is 18.9. The lowest BCUT2D eigenvalue weighted by molar-refractivity contribution is -0.113. The molecule has 0 bridgehead atoms. The number of fused-ring (bicyclic) bond motifs is 1. The van der Waals surface area contributed by atoms with E-state index in [9.17, 15) is 14.4 Å². The number of para-hydroxylation sites is 2. The number of hydrazone groups is 1. The number of ether oxygens (including phenoxy) is 3. The summed E-state index contributed by atoms with van der Waals surface area (Å²) in [5.41, 5.74) is 6.46. The molecule has 0 spiro atoms. The number of methoxy groups -OCH3 is 3. The Bertz CT molecular complexity index is 1390. The molecule has 0 unspecified atom stereocenters. The van der Waals surface area contributed by atoms with Crippen molar-refractivity contribution in [1.82, 2.24) is 15.2 Å². The molecule has 0 radical (unpaired) electrons. The van der Waals surface area contributed by atoms with Crippen LogP contribution in [0.5, 0.6) is 11.5 Å². The monoisotopic (exact) mass is 751 g/mol. The second kappa shape index (κ2) is 29.4. The Hall–Kier alpha value is -3.92. The number of benzene rings is 2. The molecule has 3 aromatic rings. The zero-order chi connectivity index (χ0) is 39.2. The highest BCUT2D eigenvalue weighted by Gasteiger charge is 2.19. The molecule has 302 valence electrons. The van der Waals surface area contributed by atoms with Gasteiger partial charge in [0.25, 0.3) is 0 Å². The number of aromatic nitrogens is 2. The second-order valence-electron chi connectivity index (χ2n) is 14.5. The fraction of sp³-hybridized carbons (Fsp3) is 0.636. The first-order valence-electron chi connectivity index (χ1n) is 20.4. The van der Waals surface area contributed by atoms with Gasteiger partial charge in [-0.1, -0.05) is 76.8 Å². The molecule has 3 saturated carbocycles. The van der Waals surface area contributed by atoms with E-state index in [4.69, 9.17) is 14.2 Å². The van der Waals surface area contributed by atoms with Crippen LogP contribution in [0, 0.1) is 17.8 Å². The number of aryl methyl sites for hydroxylation is 1. The minimum Gasteiger partial charge on any atom is -0.497 e. The van der Waals surface area contributed by atoms with Crippen LogP contribution in [0.1, 0.15) is 128 Å². The van der Waals surface area contributed by atoms with E-state index in [2.05, 4.69) is 34.7 Å². The number of aldehydes is 3. The number of hydrogen-bond acceptors (Lipinski definition) is 8. The Morgan fingerprint density at radius 2 is 1.33 bits per heavy atom. The molecular formula is C44H70N4O6. The summed E-state index contributed by atoms with van der Waals surface area (Å²) in [6.45, 7) is 3.11. The van der Waals surface area contributed by atoms with Crippen molar-refractivity contribution < 1.29 is 28.6 Å². The van der Waals surface area contributed by atoms with Crippen LogP contribution in [0.2, 0.25) is 0 Å². The van der Waals surface area contributed by atoms with Crippen molar-refractivity contribution in [1.29, 1.82) is 0 Å². The second-order valence-corrected chi connectivity index (χ2v) is 14.5. The van der Waals surface area contributed by atoms with Crippen molar-refractivity contribution >= 4 is 36.1 Å². The maximum Gasteiger partial charge on any atom is 0.127 e. The van der Waals surface area contributed by atoms with Gasteiger partial charge in [0.15, 0.2) is 0 Å². The molecule has 10 heteroatoms. The van der Waals surface area contributed by atoms with Crippen molar-refractivity contribution in [3.05, 3.63) is 48.0 Å². The lowest BCUT2D eigenvalue weighted by Gasteiger charge is -2.23. The maximum atomic E-state index is 10.3. The van der Waals surface area contributed by atoms with Crippen LogP contribution in [0.3, 0.4) is 0 Å². The number of nitrogens with one attached hydrogen (secondary N) is 2. The average molecular weight is 751 g/mol. The van der Waals surface area contributed by atoms with Gasteiger partial charge in [0.1, 0.15) is 30.4 Å². The first-order valence-corrected chi connectivity index (χ1v) is 20.4. The molecule has 3 aliphatic carbocycles. The Kier molecular flexibility index (Phi) is 25.2. The molecule has 6 rings (SSSR count). The van der Waals surface area contributed by atoms with Crippen LogP contribution < -0.4 is 14.9 Å². The molecule has 1 aromatic heterocycles. The third-order valence-electron chi connectivity index (χ3n) is 10.4. The minimum absolute atomic E-state index is 0.311. The molecule has 1 heterocycles. The molecule has 54 heavy (non-hydrogen) atoms. The Morgan fingerprint density at radius 3 is 1.80 bits per heavy atom. The standard InChI is InChI=1S/C15H24N2O2.C8H14O2.C7H8N2.2C7H12O/c1-4-5-6-7-10-16-17-12-13-11-14(18-2)8-9-15(13)19-3;1-10-8-4-2-7(6-9)3-5-8;1-9-7-5-3-2-4-6(7)8-9;2*8-6-7-4-2-1-3-5-7/h8-9,11-12,16H,4-7,10H2,1-3H3;6-8H,2-5H2,1H3;2-5,8H,1H3;2*6-7H,1-5H2/b17-12+;;;;. The number of aromatic amines is 1. The smallest absolute Gasteiger partial charge is 0.127 e. The van der Waals surface area contributed by atoms with Gasteiger partial charge in [-0.25, -0.2) is 0 Å². The van der Waals surface area contributed by atoms with Crippen LogP contribution in [0.4, 0.5) is 0 Å². The summed E-state index contributed by atoms with van der Waals surface area (Å²) in [5, 5.41) is 7.33. The zero-order valence-corrected chi connectivity index (χ0v) is 33.9. The van der Waals surface area contributed by atoms with Crippen LogP contribution in [-0.4, -0.2) is 68.8 Å². The van der Waals surface area contributed by atoms with Crippen molar-refractivity contribution in [2.45, 2.75) is 129 Å². The van der Waals surface area contributed by atoms with Gasteiger partial charge in [0.05, 0.1) is 37.6 Å². The molecule has 0 aliphatic heterocycles. The molecule has 3 aliphatic rings. The molecule has 0 amide bonds. The van der Waals surface area contributed by atoms with Crippen molar-refractivity contribution in [2.24, 2.45) is 29.9 Å². The number of unbranched alkanes of at least 4 members (excludes halogenated alkanes) is 3. The van der Waals surface area contributed by atoms with Crippen LogP contribution in [0.25, 0.3) is 11.0 Å². The Labute approximate surface area is 325 Å². The van der Waals surface area contributed by atoms with E-state index < -0.39 is 0 Å². The van der Waals surface area contributed by atoms with E-state index >= 15 is 0 Å². The highest BCUT2D eigenvalue weighted by atomic mass is 16.5. The Balaban J connectivity index is 0.000000246. The summed E-state index contributed by atoms with van der Waals surface area (Å²) >= 11 is 0. The molecule has 2 N–H and O–H groups in total. The number of nitrogens with zero attached hydrogens (tertiary/aromatic N) is 2. The number of hydrogen-bond donors (Lipinski definition) is 2. The third-order valence-corrected chi connectivity index (χ3v) is 10.4. The summed E-state index contributed by atoms with van der Waals surface area (Å²) in [7, 11) is 7.04. The molecule has 0 saturated heterocycles. The predicted octanol–water partition coefficient (Wildman–Crippen LogP) is 9.64. The molecule has 3 fully saturated rings. The number of carbonyl (C=O) groups is 3. The van der Waals surface area contributed by atoms with E-state index in [0.717, 1.165) is 100 Å². The van der Waals surface area contributed by atoms with Crippen molar-refractivity contribution in [3.63, 3.8) is 0 Å².